The van der Waals surface area contributed by atoms with Crippen LogP contribution in [0.2, 0.25) is 0 Å². The van der Waals surface area contributed by atoms with Crippen LogP contribution in [-0.4, -0.2) is 25.0 Å². The first-order chi connectivity index (χ1) is 10.8. The summed E-state index contributed by atoms with van der Waals surface area (Å²) in [7, 11) is 3.52. The molecular formula is C17H18N2O4. The SMILES string of the molecule is Cc1ccc(OC(=O)c2cc([N+](=O)[O-])ccc2N(C)C)cc1C. The minimum Gasteiger partial charge on any atom is -0.423 e. The Hall–Kier alpha value is -2.89. The van der Waals surface area contributed by atoms with Crippen molar-refractivity contribution in [2.24, 2.45) is 0 Å². The summed E-state index contributed by atoms with van der Waals surface area (Å²) in [6.45, 7) is 3.89. The van der Waals surface area contributed by atoms with Gasteiger partial charge in [0.25, 0.3) is 5.69 Å². The molecule has 0 spiro atoms. The molecular weight excluding hydrogens is 296 g/mol. The third-order valence-electron chi connectivity index (χ3n) is 3.58. The van der Waals surface area contributed by atoms with Crippen LogP contribution in [0.15, 0.2) is 36.4 Å². The Labute approximate surface area is 134 Å². The number of hydrogen-bond donors (Lipinski definition) is 0. The number of aryl methyl sites for hydroxylation is 2. The summed E-state index contributed by atoms with van der Waals surface area (Å²) in [5.41, 5.74) is 2.66. The molecule has 6 nitrogen and oxygen atoms in total. The highest BCUT2D eigenvalue weighted by Gasteiger charge is 2.19. The third kappa shape index (κ3) is 3.66. The van der Waals surface area contributed by atoms with Gasteiger partial charge >= 0.3 is 5.97 Å². The molecule has 0 saturated heterocycles. The van der Waals surface area contributed by atoms with Crippen LogP contribution in [0.3, 0.4) is 0 Å². The molecule has 120 valence electrons. The van der Waals surface area contributed by atoms with Crippen molar-refractivity contribution in [2.75, 3.05) is 19.0 Å². The highest BCUT2D eigenvalue weighted by Crippen LogP contribution is 2.26. The van der Waals surface area contributed by atoms with Crippen molar-refractivity contribution in [1.29, 1.82) is 0 Å². The van der Waals surface area contributed by atoms with Gasteiger partial charge in [-0.15, -0.1) is 0 Å². The van der Waals surface area contributed by atoms with Crippen LogP contribution in [0.25, 0.3) is 0 Å². The molecule has 0 saturated carbocycles. The monoisotopic (exact) mass is 314 g/mol. The lowest BCUT2D eigenvalue weighted by atomic mass is 10.1. The fourth-order valence-electron chi connectivity index (χ4n) is 2.13. The van der Waals surface area contributed by atoms with Crippen LogP contribution in [0.1, 0.15) is 21.5 Å². The van der Waals surface area contributed by atoms with Crippen molar-refractivity contribution < 1.29 is 14.5 Å². The van der Waals surface area contributed by atoms with Gasteiger partial charge in [-0.05, 0) is 43.2 Å². The van der Waals surface area contributed by atoms with Crippen molar-refractivity contribution in [3.8, 4) is 5.75 Å². The average molecular weight is 314 g/mol. The standard InChI is InChI=1S/C17H18N2O4/c1-11-5-7-14(9-12(11)2)23-17(20)15-10-13(19(21)22)6-8-16(15)18(3)4/h5-10H,1-4H3. The first kappa shape index (κ1) is 16.5. The van der Waals surface area contributed by atoms with Gasteiger partial charge in [-0.25, -0.2) is 4.79 Å². The maximum atomic E-state index is 12.4. The molecule has 2 aromatic rings. The van der Waals surface area contributed by atoms with Crippen molar-refractivity contribution in [1.82, 2.24) is 0 Å². The minimum atomic E-state index is -0.624. The molecule has 2 aromatic carbocycles. The molecule has 2 rings (SSSR count). The summed E-state index contributed by atoms with van der Waals surface area (Å²) in [5.74, 6) is -0.213. The quantitative estimate of drug-likeness (QED) is 0.374. The van der Waals surface area contributed by atoms with Crippen molar-refractivity contribution in [2.45, 2.75) is 13.8 Å². The molecule has 0 N–H and O–H groups in total. The lowest BCUT2D eigenvalue weighted by molar-refractivity contribution is -0.384. The van der Waals surface area contributed by atoms with Gasteiger partial charge in [0.2, 0.25) is 0 Å². The van der Waals surface area contributed by atoms with Crippen molar-refractivity contribution in [3.63, 3.8) is 0 Å². The summed E-state index contributed by atoms with van der Waals surface area (Å²) in [5, 5.41) is 10.9. The Balaban J connectivity index is 2.38. The molecule has 0 bridgehead atoms. The lowest BCUT2D eigenvalue weighted by Crippen LogP contribution is -2.17. The second-order valence-electron chi connectivity index (χ2n) is 5.49. The van der Waals surface area contributed by atoms with Gasteiger partial charge < -0.3 is 9.64 Å². The van der Waals surface area contributed by atoms with E-state index in [4.69, 9.17) is 4.74 Å². The van der Waals surface area contributed by atoms with Crippen LogP contribution >= 0.6 is 0 Å². The molecule has 0 heterocycles. The summed E-state index contributed by atoms with van der Waals surface area (Å²) in [6.07, 6.45) is 0. The van der Waals surface area contributed by atoms with E-state index in [2.05, 4.69) is 0 Å². The number of non-ortho nitro benzene ring substituents is 1. The fraction of sp³-hybridized carbons (Fsp3) is 0.235. The lowest BCUT2D eigenvalue weighted by Gasteiger charge is -2.16. The molecule has 0 radical (unpaired) electrons. The Kier molecular flexibility index (Phi) is 4.64. The summed E-state index contributed by atoms with van der Waals surface area (Å²) >= 11 is 0. The van der Waals surface area contributed by atoms with E-state index in [1.807, 2.05) is 19.9 Å². The number of rotatable bonds is 4. The zero-order valence-electron chi connectivity index (χ0n) is 13.5. The Morgan fingerprint density at radius 1 is 1.09 bits per heavy atom. The van der Waals surface area contributed by atoms with Crippen LogP contribution in [0.4, 0.5) is 11.4 Å². The number of carbonyl (C=O) groups is 1. The van der Waals surface area contributed by atoms with E-state index in [0.29, 0.717) is 11.4 Å². The zero-order chi connectivity index (χ0) is 17.1. The highest BCUT2D eigenvalue weighted by molar-refractivity contribution is 5.97. The number of esters is 1. The maximum absolute atomic E-state index is 12.4. The van der Waals surface area contributed by atoms with E-state index < -0.39 is 10.9 Å². The molecule has 0 aromatic heterocycles. The number of nitro groups is 1. The van der Waals surface area contributed by atoms with Gasteiger partial charge in [-0.2, -0.15) is 0 Å². The van der Waals surface area contributed by atoms with Gasteiger partial charge in [0.15, 0.2) is 0 Å². The second kappa shape index (κ2) is 6.48. The van der Waals surface area contributed by atoms with E-state index in [1.54, 1.807) is 31.1 Å². The van der Waals surface area contributed by atoms with Gasteiger partial charge in [-0.1, -0.05) is 6.07 Å². The predicted octanol–water partition coefficient (Wildman–Crippen LogP) is 3.50. The number of hydrogen-bond acceptors (Lipinski definition) is 5. The zero-order valence-corrected chi connectivity index (χ0v) is 13.5. The number of anilines is 1. The largest absolute Gasteiger partial charge is 0.423 e. The van der Waals surface area contributed by atoms with Crippen LogP contribution in [0.5, 0.6) is 5.75 Å². The van der Waals surface area contributed by atoms with Gasteiger partial charge in [0.1, 0.15) is 5.75 Å². The van der Waals surface area contributed by atoms with E-state index in [1.165, 1.54) is 18.2 Å². The molecule has 0 atom stereocenters. The van der Waals surface area contributed by atoms with E-state index >= 15 is 0 Å². The number of nitrogens with zero attached hydrogens (tertiary/aromatic N) is 2. The fourth-order valence-corrected chi connectivity index (χ4v) is 2.13. The number of carbonyl (C=O) groups excluding carboxylic acids is 1. The Bertz CT molecular complexity index is 769. The first-order valence-corrected chi connectivity index (χ1v) is 7.05. The van der Waals surface area contributed by atoms with E-state index in [0.717, 1.165) is 11.1 Å². The molecule has 0 aliphatic carbocycles. The molecule has 0 amide bonds. The van der Waals surface area contributed by atoms with Crippen LogP contribution in [0, 0.1) is 24.0 Å². The first-order valence-electron chi connectivity index (χ1n) is 7.05. The topological polar surface area (TPSA) is 72.7 Å². The number of nitro benzene ring substituents is 1. The van der Waals surface area contributed by atoms with Gasteiger partial charge in [0, 0.05) is 26.2 Å². The second-order valence-corrected chi connectivity index (χ2v) is 5.49. The Morgan fingerprint density at radius 3 is 2.35 bits per heavy atom. The molecule has 6 heteroatoms. The summed E-state index contributed by atoms with van der Waals surface area (Å²) < 4.78 is 5.37. The molecule has 0 unspecified atom stereocenters. The van der Waals surface area contributed by atoms with Crippen molar-refractivity contribution in [3.05, 3.63) is 63.2 Å². The summed E-state index contributed by atoms with van der Waals surface area (Å²) in [4.78, 5) is 24.5. The van der Waals surface area contributed by atoms with E-state index in [9.17, 15) is 14.9 Å². The normalized spacial score (nSPS) is 10.3. The minimum absolute atomic E-state index is 0.150. The summed E-state index contributed by atoms with van der Waals surface area (Å²) in [6, 6.07) is 9.46. The third-order valence-corrected chi connectivity index (χ3v) is 3.58. The average Bonchev–Trinajstić information content (AvgIpc) is 2.50. The molecule has 0 aliphatic heterocycles. The Morgan fingerprint density at radius 2 is 1.78 bits per heavy atom. The van der Waals surface area contributed by atoms with Gasteiger partial charge in [-0.3, -0.25) is 10.1 Å². The van der Waals surface area contributed by atoms with Crippen LogP contribution < -0.4 is 9.64 Å². The highest BCUT2D eigenvalue weighted by atomic mass is 16.6. The number of benzene rings is 2. The molecule has 0 aliphatic rings. The molecule has 0 fully saturated rings. The van der Waals surface area contributed by atoms with E-state index in [-0.39, 0.29) is 11.3 Å². The smallest absolute Gasteiger partial charge is 0.345 e. The molecule has 23 heavy (non-hydrogen) atoms. The maximum Gasteiger partial charge on any atom is 0.345 e. The predicted molar refractivity (Wildman–Crippen MR) is 88.3 cm³/mol. The van der Waals surface area contributed by atoms with Crippen LogP contribution in [-0.2, 0) is 0 Å². The van der Waals surface area contributed by atoms with Crippen molar-refractivity contribution >= 4 is 17.3 Å². The van der Waals surface area contributed by atoms with Gasteiger partial charge in [0.05, 0.1) is 16.2 Å². The number of ether oxygens (including phenoxy) is 1.